The molecule has 1 aliphatic rings. The summed E-state index contributed by atoms with van der Waals surface area (Å²) >= 11 is 0. The SMILES string of the molecule is CC1CCC(N(C)C(=O)COC(=O)c2ccccc2S(C)(=O)=O)CC1. The molecular weight excluding hydrogens is 342 g/mol. The maximum absolute atomic E-state index is 12.3. The Morgan fingerprint density at radius 2 is 1.76 bits per heavy atom. The number of rotatable bonds is 5. The molecule has 6 nitrogen and oxygen atoms in total. The van der Waals surface area contributed by atoms with Crippen LogP contribution in [-0.2, 0) is 19.4 Å². The molecule has 0 heterocycles. The van der Waals surface area contributed by atoms with Crippen LogP contribution in [0.1, 0.15) is 43.0 Å². The molecule has 1 aromatic carbocycles. The topological polar surface area (TPSA) is 80.8 Å². The lowest BCUT2D eigenvalue weighted by Gasteiger charge is -2.33. The Labute approximate surface area is 149 Å². The Morgan fingerprint density at radius 3 is 2.36 bits per heavy atom. The summed E-state index contributed by atoms with van der Waals surface area (Å²) in [6, 6.07) is 6.00. The highest BCUT2D eigenvalue weighted by molar-refractivity contribution is 7.90. The highest BCUT2D eigenvalue weighted by Gasteiger charge is 2.26. The first-order chi connectivity index (χ1) is 11.7. The van der Waals surface area contributed by atoms with Gasteiger partial charge in [-0.3, -0.25) is 4.79 Å². The molecular formula is C18H25NO5S. The molecule has 138 valence electrons. The van der Waals surface area contributed by atoms with Gasteiger partial charge in [0.15, 0.2) is 16.4 Å². The van der Waals surface area contributed by atoms with Gasteiger partial charge in [0.25, 0.3) is 5.91 Å². The lowest BCUT2D eigenvalue weighted by molar-refractivity contribution is -0.136. The van der Waals surface area contributed by atoms with Crippen LogP contribution in [0.15, 0.2) is 29.2 Å². The van der Waals surface area contributed by atoms with Crippen molar-refractivity contribution < 1.29 is 22.7 Å². The van der Waals surface area contributed by atoms with Gasteiger partial charge in [0, 0.05) is 19.3 Å². The normalized spacial score (nSPS) is 20.8. The van der Waals surface area contributed by atoms with Gasteiger partial charge in [-0.2, -0.15) is 0 Å². The van der Waals surface area contributed by atoms with Crippen molar-refractivity contribution in [1.29, 1.82) is 0 Å². The van der Waals surface area contributed by atoms with Gasteiger partial charge >= 0.3 is 5.97 Å². The molecule has 0 spiro atoms. The van der Waals surface area contributed by atoms with Crippen molar-refractivity contribution in [2.24, 2.45) is 5.92 Å². The molecule has 0 bridgehead atoms. The van der Waals surface area contributed by atoms with E-state index in [1.807, 2.05) is 0 Å². The van der Waals surface area contributed by atoms with E-state index in [2.05, 4.69) is 6.92 Å². The Hall–Kier alpha value is -1.89. The zero-order valence-corrected chi connectivity index (χ0v) is 15.7. The molecule has 1 amide bonds. The number of esters is 1. The fourth-order valence-corrected chi connectivity index (χ4v) is 3.98. The number of hydrogen-bond acceptors (Lipinski definition) is 5. The number of sulfone groups is 1. The second kappa shape index (κ2) is 7.99. The molecule has 0 saturated heterocycles. The summed E-state index contributed by atoms with van der Waals surface area (Å²) in [6.07, 6.45) is 5.11. The second-order valence-electron chi connectivity index (χ2n) is 6.76. The molecule has 25 heavy (non-hydrogen) atoms. The molecule has 0 atom stereocenters. The van der Waals surface area contributed by atoms with E-state index in [-0.39, 0.29) is 29.0 Å². The Kier molecular flexibility index (Phi) is 6.21. The fraction of sp³-hybridized carbons (Fsp3) is 0.556. The van der Waals surface area contributed by atoms with Gasteiger partial charge in [-0.15, -0.1) is 0 Å². The van der Waals surface area contributed by atoms with E-state index in [1.54, 1.807) is 18.0 Å². The van der Waals surface area contributed by atoms with E-state index in [0.29, 0.717) is 5.92 Å². The Morgan fingerprint density at radius 1 is 1.16 bits per heavy atom. The van der Waals surface area contributed by atoms with E-state index >= 15 is 0 Å². The van der Waals surface area contributed by atoms with E-state index in [1.165, 1.54) is 18.2 Å². The number of benzene rings is 1. The van der Waals surface area contributed by atoms with E-state index in [9.17, 15) is 18.0 Å². The van der Waals surface area contributed by atoms with Crippen molar-refractivity contribution >= 4 is 21.7 Å². The molecule has 1 aliphatic carbocycles. The van der Waals surface area contributed by atoms with Crippen LogP contribution in [-0.4, -0.2) is 51.1 Å². The number of likely N-dealkylation sites (N-methyl/N-ethyl adjacent to an activating group) is 1. The molecule has 1 aromatic rings. The van der Waals surface area contributed by atoms with E-state index in [4.69, 9.17) is 4.74 Å². The standard InChI is InChI=1S/C18H25NO5S/c1-13-8-10-14(11-9-13)19(2)17(20)12-24-18(21)15-6-4-5-7-16(15)25(3,22)23/h4-7,13-14H,8-12H2,1-3H3. The van der Waals surface area contributed by atoms with Crippen molar-refractivity contribution in [2.75, 3.05) is 19.9 Å². The quantitative estimate of drug-likeness (QED) is 0.746. The van der Waals surface area contributed by atoms with Crippen molar-refractivity contribution in [3.05, 3.63) is 29.8 Å². The molecule has 2 rings (SSSR count). The van der Waals surface area contributed by atoms with Crippen molar-refractivity contribution in [1.82, 2.24) is 4.90 Å². The first kappa shape index (κ1) is 19.4. The molecule has 0 unspecified atom stereocenters. The third kappa shape index (κ3) is 5.04. The molecule has 1 fully saturated rings. The predicted molar refractivity (Wildman–Crippen MR) is 94.0 cm³/mol. The van der Waals surface area contributed by atoms with Crippen LogP contribution in [0.4, 0.5) is 0 Å². The zero-order chi connectivity index (χ0) is 18.6. The number of carbonyl (C=O) groups excluding carboxylic acids is 2. The van der Waals surface area contributed by atoms with Crippen LogP contribution < -0.4 is 0 Å². The van der Waals surface area contributed by atoms with Gasteiger partial charge in [0.1, 0.15) is 0 Å². The Bertz CT molecular complexity index is 736. The molecule has 0 N–H and O–H groups in total. The smallest absolute Gasteiger partial charge is 0.339 e. The summed E-state index contributed by atoms with van der Waals surface area (Å²) in [4.78, 5) is 26.0. The summed E-state index contributed by atoms with van der Waals surface area (Å²) in [5, 5.41) is 0. The number of nitrogens with zero attached hydrogens (tertiary/aromatic N) is 1. The second-order valence-corrected chi connectivity index (χ2v) is 8.75. The van der Waals surface area contributed by atoms with Crippen LogP contribution in [0.2, 0.25) is 0 Å². The highest BCUT2D eigenvalue weighted by atomic mass is 32.2. The lowest BCUT2D eigenvalue weighted by Crippen LogP contribution is -2.41. The van der Waals surface area contributed by atoms with Crippen molar-refractivity contribution in [3.63, 3.8) is 0 Å². The third-order valence-corrected chi connectivity index (χ3v) is 5.91. The summed E-state index contributed by atoms with van der Waals surface area (Å²) in [7, 11) is -1.83. The van der Waals surface area contributed by atoms with Crippen molar-refractivity contribution in [2.45, 2.75) is 43.5 Å². The van der Waals surface area contributed by atoms with Crippen molar-refractivity contribution in [3.8, 4) is 0 Å². The molecule has 0 aromatic heterocycles. The summed E-state index contributed by atoms with van der Waals surface area (Å²) in [5.74, 6) is -0.394. The number of carbonyl (C=O) groups is 2. The van der Waals surface area contributed by atoms with Crippen LogP contribution in [0, 0.1) is 5.92 Å². The maximum Gasteiger partial charge on any atom is 0.339 e. The first-order valence-corrected chi connectivity index (χ1v) is 10.3. The minimum absolute atomic E-state index is 0.0491. The highest BCUT2D eigenvalue weighted by Crippen LogP contribution is 2.26. The number of ether oxygens (including phenoxy) is 1. The average molecular weight is 367 g/mol. The van der Waals surface area contributed by atoms with Gasteiger partial charge in [-0.05, 0) is 43.7 Å². The Balaban J connectivity index is 1.97. The zero-order valence-electron chi connectivity index (χ0n) is 14.9. The van der Waals surface area contributed by atoms with E-state index < -0.39 is 15.8 Å². The van der Waals surface area contributed by atoms with Crippen LogP contribution in [0.5, 0.6) is 0 Å². The summed E-state index contributed by atoms with van der Waals surface area (Å²) < 4.78 is 28.6. The third-order valence-electron chi connectivity index (χ3n) is 4.76. The monoisotopic (exact) mass is 367 g/mol. The predicted octanol–water partition coefficient (Wildman–Crippen LogP) is 2.28. The minimum Gasteiger partial charge on any atom is -0.452 e. The minimum atomic E-state index is -3.55. The number of hydrogen-bond donors (Lipinski definition) is 0. The molecule has 7 heteroatoms. The van der Waals surface area contributed by atoms with Gasteiger partial charge in [0.2, 0.25) is 0 Å². The van der Waals surface area contributed by atoms with Gasteiger partial charge < -0.3 is 9.64 Å². The van der Waals surface area contributed by atoms with Gasteiger partial charge in [-0.25, -0.2) is 13.2 Å². The largest absolute Gasteiger partial charge is 0.452 e. The van der Waals surface area contributed by atoms with Gasteiger partial charge in [-0.1, -0.05) is 19.1 Å². The summed E-state index contributed by atoms with van der Waals surface area (Å²) in [6.45, 7) is 1.82. The molecule has 0 aliphatic heterocycles. The molecule has 1 saturated carbocycles. The summed E-state index contributed by atoms with van der Waals surface area (Å²) in [5.41, 5.74) is -0.0491. The number of amides is 1. The van der Waals surface area contributed by atoms with E-state index in [0.717, 1.165) is 31.9 Å². The fourth-order valence-electron chi connectivity index (χ4n) is 3.10. The van der Waals surface area contributed by atoms with Gasteiger partial charge in [0.05, 0.1) is 10.5 Å². The van der Waals surface area contributed by atoms with Crippen LogP contribution in [0.3, 0.4) is 0 Å². The van der Waals surface area contributed by atoms with Crippen LogP contribution >= 0.6 is 0 Å². The van der Waals surface area contributed by atoms with Crippen LogP contribution in [0.25, 0.3) is 0 Å². The first-order valence-electron chi connectivity index (χ1n) is 8.42. The lowest BCUT2D eigenvalue weighted by atomic mass is 9.87. The molecule has 0 radical (unpaired) electrons. The maximum atomic E-state index is 12.3. The average Bonchev–Trinajstić information content (AvgIpc) is 2.58.